The van der Waals surface area contributed by atoms with Gasteiger partial charge in [0.25, 0.3) is 6.43 Å². The molecule has 0 bridgehead atoms. The maximum absolute atomic E-state index is 12.5. The second kappa shape index (κ2) is 9.39. The van der Waals surface area contributed by atoms with Crippen LogP contribution >= 0.6 is 34.8 Å². The highest BCUT2D eigenvalue weighted by Crippen LogP contribution is 2.41. The number of nitrogens with one attached hydrogen (secondary N) is 1. The van der Waals surface area contributed by atoms with E-state index in [1.54, 1.807) is 6.07 Å². The van der Waals surface area contributed by atoms with Gasteiger partial charge in [-0.3, -0.25) is 0 Å². The van der Waals surface area contributed by atoms with Crippen LogP contribution in [0.2, 0.25) is 15.1 Å². The molecule has 0 unspecified atom stereocenters. The third-order valence-electron chi connectivity index (χ3n) is 3.38. The quantitative estimate of drug-likeness (QED) is 0.571. The van der Waals surface area contributed by atoms with Gasteiger partial charge < -0.3 is 14.8 Å². The first kappa shape index (κ1) is 21.5. The number of esters is 1. The van der Waals surface area contributed by atoms with E-state index in [1.807, 2.05) is 6.92 Å². The number of hydrogen-bond acceptors (Lipinski definition) is 5. The number of carbonyl (C=O) groups is 1. The molecule has 146 valence electrons. The lowest BCUT2D eigenvalue weighted by atomic mass is 10.1. The number of aromatic nitrogens is 1. The molecule has 0 spiro atoms. The zero-order valence-electron chi connectivity index (χ0n) is 14.3. The SMILES string of the molecule is CCNc1cc(-c2ccc(Cl)c(OCC(F)F)c2Cl)nc(C(=O)OC)c1Cl. The molecule has 2 rings (SSSR count). The molecule has 0 fully saturated rings. The van der Waals surface area contributed by atoms with Crippen molar-refractivity contribution in [3.63, 3.8) is 0 Å². The third-order valence-corrected chi connectivity index (χ3v) is 4.44. The average Bonchev–Trinajstić information content (AvgIpc) is 2.62. The molecule has 0 atom stereocenters. The minimum atomic E-state index is -2.69. The van der Waals surface area contributed by atoms with Gasteiger partial charge in [-0.2, -0.15) is 0 Å². The Hall–Kier alpha value is -1.83. The summed E-state index contributed by atoms with van der Waals surface area (Å²) < 4.78 is 34.7. The first-order valence-electron chi connectivity index (χ1n) is 7.72. The largest absolute Gasteiger partial charge is 0.484 e. The highest BCUT2D eigenvalue weighted by molar-refractivity contribution is 6.39. The Morgan fingerprint density at radius 1 is 1.26 bits per heavy atom. The fraction of sp³-hybridized carbons (Fsp3) is 0.294. The lowest BCUT2D eigenvalue weighted by Gasteiger charge is -2.15. The van der Waals surface area contributed by atoms with E-state index in [-0.39, 0.29) is 32.2 Å². The standard InChI is InChI=1S/C17H15Cl3F2N2O3/c1-3-23-11-6-10(24-15(14(11)20)17(25)26-2)8-4-5-9(18)16(13(8)19)27-7-12(21)22/h4-6,12H,3,7H2,1-2H3,(H,23,24). The van der Waals surface area contributed by atoms with E-state index in [9.17, 15) is 13.6 Å². The Balaban J connectivity index is 2.61. The first-order chi connectivity index (χ1) is 12.8. The molecular weight excluding hydrogens is 425 g/mol. The molecule has 0 radical (unpaired) electrons. The monoisotopic (exact) mass is 438 g/mol. The molecule has 0 aliphatic rings. The second-order valence-corrected chi connectivity index (χ2v) is 6.34. The van der Waals surface area contributed by atoms with Crippen molar-refractivity contribution in [3.05, 3.63) is 39.0 Å². The van der Waals surface area contributed by atoms with Crippen molar-refractivity contribution in [2.75, 3.05) is 25.6 Å². The number of benzene rings is 1. The molecule has 0 amide bonds. The maximum atomic E-state index is 12.5. The number of ether oxygens (including phenoxy) is 2. The van der Waals surface area contributed by atoms with Crippen LogP contribution in [0.3, 0.4) is 0 Å². The predicted molar refractivity (Wildman–Crippen MR) is 102 cm³/mol. The predicted octanol–water partition coefficient (Wildman–Crippen LogP) is 5.57. The van der Waals surface area contributed by atoms with Gasteiger partial charge in [0.15, 0.2) is 11.4 Å². The number of nitrogens with zero attached hydrogens (tertiary/aromatic N) is 1. The van der Waals surface area contributed by atoms with Crippen molar-refractivity contribution >= 4 is 46.5 Å². The van der Waals surface area contributed by atoms with Gasteiger partial charge >= 0.3 is 5.97 Å². The van der Waals surface area contributed by atoms with E-state index in [0.29, 0.717) is 17.8 Å². The van der Waals surface area contributed by atoms with Crippen LogP contribution in [-0.2, 0) is 4.74 Å². The summed E-state index contributed by atoms with van der Waals surface area (Å²) in [6.07, 6.45) is -2.69. The summed E-state index contributed by atoms with van der Waals surface area (Å²) in [4.78, 5) is 16.2. The minimum absolute atomic E-state index is 0.0174. The summed E-state index contributed by atoms with van der Waals surface area (Å²) in [7, 11) is 1.20. The third kappa shape index (κ3) is 4.91. The van der Waals surface area contributed by atoms with Crippen molar-refractivity contribution in [1.29, 1.82) is 0 Å². The topological polar surface area (TPSA) is 60.5 Å². The number of pyridine rings is 1. The van der Waals surface area contributed by atoms with E-state index >= 15 is 0 Å². The first-order valence-corrected chi connectivity index (χ1v) is 8.85. The summed E-state index contributed by atoms with van der Waals surface area (Å²) in [5.74, 6) is -0.835. The normalized spacial score (nSPS) is 10.8. The Kier molecular flexibility index (Phi) is 7.47. The fourth-order valence-electron chi connectivity index (χ4n) is 2.23. The van der Waals surface area contributed by atoms with Crippen LogP contribution < -0.4 is 10.1 Å². The zero-order valence-corrected chi connectivity index (χ0v) is 16.6. The van der Waals surface area contributed by atoms with Crippen molar-refractivity contribution in [2.24, 2.45) is 0 Å². The molecule has 10 heteroatoms. The highest BCUT2D eigenvalue weighted by Gasteiger charge is 2.22. The molecule has 0 saturated heterocycles. The molecule has 0 aliphatic carbocycles. The highest BCUT2D eigenvalue weighted by atomic mass is 35.5. The van der Waals surface area contributed by atoms with Gasteiger partial charge in [0, 0.05) is 12.1 Å². The van der Waals surface area contributed by atoms with Crippen LogP contribution in [0.25, 0.3) is 11.3 Å². The Bertz CT molecular complexity index is 851. The second-order valence-electron chi connectivity index (χ2n) is 5.18. The Morgan fingerprint density at radius 2 is 1.96 bits per heavy atom. The number of rotatable bonds is 7. The summed E-state index contributed by atoms with van der Waals surface area (Å²) in [5, 5.41) is 3.15. The molecule has 0 saturated carbocycles. The van der Waals surface area contributed by atoms with Gasteiger partial charge in [0.05, 0.1) is 33.6 Å². The van der Waals surface area contributed by atoms with Crippen LogP contribution in [0, 0.1) is 0 Å². The van der Waals surface area contributed by atoms with E-state index in [1.165, 1.54) is 19.2 Å². The van der Waals surface area contributed by atoms with Crippen LogP contribution in [0.5, 0.6) is 5.75 Å². The zero-order chi connectivity index (χ0) is 20.1. The van der Waals surface area contributed by atoms with Crippen LogP contribution in [-0.4, -0.2) is 37.6 Å². The molecule has 0 aliphatic heterocycles. The smallest absolute Gasteiger partial charge is 0.358 e. The molecule has 1 aromatic carbocycles. The number of carbonyl (C=O) groups excluding carboxylic acids is 1. The van der Waals surface area contributed by atoms with Crippen molar-refractivity contribution in [2.45, 2.75) is 13.3 Å². The molecule has 5 nitrogen and oxygen atoms in total. The number of hydrogen-bond donors (Lipinski definition) is 1. The van der Waals surface area contributed by atoms with Gasteiger partial charge in [-0.1, -0.05) is 34.8 Å². The summed E-state index contributed by atoms with van der Waals surface area (Å²) >= 11 is 18.5. The van der Waals surface area contributed by atoms with E-state index in [2.05, 4.69) is 10.3 Å². The van der Waals surface area contributed by atoms with E-state index in [0.717, 1.165) is 0 Å². The van der Waals surface area contributed by atoms with Gasteiger partial charge in [-0.15, -0.1) is 0 Å². The van der Waals surface area contributed by atoms with Crippen molar-refractivity contribution in [1.82, 2.24) is 4.98 Å². The number of halogens is 5. The summed E-state index contributed by atoms with van der Waals surface area (Å²) in [5.41, 5.74) is 0.907. The average molecular weight is 440 g/mol. The summed E-state index contributed by atoms with van der Waals surface area (Å²) in [6.45, 7) is 1.51. The lowest BCUT2D eigenvalue weighted by Crippen LogP contribution is -2.10. The van der Waals surface area contributed by atoms with Crippen LogP contribution in [0.15, 0.2) is 18.2 Å². The molecular formula is C17H15Cl3F2N2O3. The maximum Gasteiger partial charge on any atom is 0.358 e. The van der Waals surface area contributed by atoms with Crippen LogP contribution in [0.1, 0.15) is 17.4 Å². The van der Waals surface area contributed by atoms with Crippen molar-refractivity contribution in [3.8, 4) is 17.0 Å². The van der Waals surface area contributed by atoms with Gasteiger partial charge in [-0.25, -0.2) is 18.6 Å². The minimum Gasteiger partial charge on any atom is -0.484 e. The van der Waals surface area contributed by atoms with Gasteiger partial charge in [-0.05, 0) is 25.1 Å². The fourth-order valence-corrected chi connectivity index (χ4v) is 3.04. The van der Waals surface area contributed by atoms with E-state index in [4.69, 9.17) is 44.3 Å². The molecule has 1 N–H and O–H groups in total. The van der Waals surface area contributed by atoms with Gasteiger partial charge in [0.1, 0.15) is 6.61 Å². The summed E-state index contributed by atoms with van der Waals surface area (Å²) in [6, 6.07) is 4.54. The molecule has 27 heavy (non-hydrogen) atoms. The number of methoxy groups -OCH3 is 1. The molecule has 1 heterocycles. The number of alkyl halides is 2. The number of anilines is 1. The van der Waals surface area contributed by atoms with E-state index < -0.39 is 19.0 Å². The Morgan fingerprint density at radius 3 is 2.56 bits per heavy atom. The van der Waals surface area contributed by atoms with Crippen LogP contribution in [0.4, 0.5) is 14.5 Å². The van der Waals surface area contributed by atoms with Crippen molar-refractivity contribution < 1.29 is 23.0 Å². The Labute approximate surface area is 169 Å². The lowest BCUT2D eigenvalue weighted by molar-refractivity contribution is 0.0594. The van der Waals surface area contributed by atoms with Gasteiger partial charge in [0.2, 0.25) is 0 Å². The molecule has 1 aromatic heterocycles. The molecule has 2 aromatic rings.